The van der Waals surface area contributed by atoms with E-state index in [9.17, 15) is 19.2 Å². The van der Waals surface area contributed by atoms with Crippen molar-refractivity contribution in [1.82, 2.24) is 10.6 Å². The van der Waals surface area contributed by atoms with Gasteiger partial charge in [-0.2, -0.15) is 0 Å². The van der Waals surface area contributed by atoms with E-state index < -0.39 is 18.9 Å². The SMILES string of the molecule is COC(=O)CCCSSCCCC(=O)NCNC(=O)OCOC(=O)C(C)C. The molecule has 0 aromatic heterocycles. The van der Waals surface area contributed by atoms with Crippen molar-refractivity contribution < 1.29 is 33.4 Å². The molecule has 9 nitrogen and oxygen atoms in total. The molecule has 27 heavy (non-hydrogen) atoms. The summed E-state index contributed by atoms with van der Waals surface area (Å²) in [5, 5.41) is 4.86. The second-order valence-electron chi connectivity index (χ2n) is 5.55. The van der Waals surface area contributed by atoms with E-state index in [-0.39, 0.29) is 24.5 Å². The van der Waals surface area contributed by atoms with Crippen molar-refractivity contribution in [3.63, 3.8) is 0 Å². The average molecular weight is 425 g/mol. The number of nitrogens with one attached hydrogen (secondary N) is 2. The topological polar surface area (TPSA) is 120 Å². The summed E-state index contributed by atoms with van der Waals surface area (Å²) in [6.45, 7) is 2.80. The van der Waals surface area contributed by atoms with Crippen LogP contribution in [0, 0.1) is 5.92 Å². The van der Waals surface area contributed by atoms with E-state index >= 15 is 0 Å². The van der Waals surface area contributed by atoms with Gasteiger partial charge in [0.25, 0.3) is 0 Å². The molecule has 0 bridgehead atoms. The lowest BCUT2D eigenvalue weighted by molar-refractivity contribution is -0.155. The first kappa shape index (κ1) is 25.4. The molecule has 0 atom stereocenters. The number of carbonyl (C=O) groups is 4. The maximum Gasteiger partial charge on any atom is 0.411 e. The summed E-state index contributed by atoms with van der Waals surface area (Å²) in [4.78, 5) is 45.0. The second kappa shape index (κ2) is 16.5. The summed E-state index contributed by atoms with van der Waals surface area (Å²) >= 11 is 0. The van der Waals surface area contributed by atoms with Crippen LogP contribution in [0.3, 0.4) is 0 Å². The van der Waals surface area contributed by atoms with Gasteiger partial charge in [-0.25, -0.2) is 4.79 Å². The summed E-state index contributed by atoms with van der Waals surface area (Å²) in [6.07, 6.45) is 1.45. The Bertz CT molecular complexity index is 476. The summed E-state index contributed by atoms with van der Waals surface area (Å²) in [5.74, 6) is 0.518. The van der Waals surface area contributed by atoms with Crippen LogP contribution in [0.2, 0.25) is 0 Å². The first-order valence-corrected chi connectivity index (χ1v) is 11.0. The van der Waals surface area contributed by atoms with Crippen LogP contribution in [-0.2, 0) is 28.6 Å². The van der Waals surface area contributed by atoms with Crippen LogP contribution in [0.1, 0.15) is 39.5 Å². The molecular formula is C16H28N2O7S2. The fourth-order valence-electron chi connectivity index (χ4n) is 1.45. The molecular weight excluding hydrogens is 396 g/mol. The van der Waals surface area contributed by atoms with Gasteiger partial charge in [0.2, 0.25) is 12.7 Å². The van der Waals surface area contributed by atoms with Gasteiger partial charge in [-0.05, 0) is 12.8 Å². The van der Waals surface area contributed by atoms with Crippen LogP contribution in [0.5, 0.6) is 0 Å². The Balaban J connectivity index is 3.47. The molecule has 156 valence electrons. The molecule has 0 fully saturated rings. The molecule has 0 aromatic rings. The fraction of sp³-hybridized carbons (Fsp3) is 0.750. The molecule has 0 heterocycles. The second-order valence-corrected chi connectivity index (χ2v) is 8.25. The Morgan fingerprint density at radius 1 is 0.926 bits per heavy atom. The zero-order valence-corrected chi connectivity index (χ0v) is 17.5. The number of hydrogen-bond donors (Lipinski definition) is 2. The standard InChI is InChI=1S/C16H28N2O7S2/c1-12(2)15(21)24-11-25-16(22)18-10-17-13(19)6-4-8-26-27-9-5-7-14(20)23-3/h12H,4-11H2,1-3H3,(H,17,19)(H,18,22). The monoisotopic (exact) mass is 424 g/mol. The van der Waals surface area contributed by atoms with Crippen molar-refractivity contribution in [3.8, 4) is 0 Å². The van der Waals surface area contributed by atoms with E-state index in [1.54, 1.807) is 35.4 Å². The third-order valence-corrected chi connectivity index (χ3v) is 5.51. The van der Waals surface area contributed by atoms with E-state index in [1.807, 2.05) is 0 Å². The lowest BCUT2D eigenvalue weighted by Crippen LogP contribution is -2.37. The first-order chi connectivity index (χ1) is 12.9. The number of amides is 2. The summed E-state index contributed by atoms with van der Waals surface area (Å²) < 4.78 is 13.9. The highest BCUT2D eigenvalue weighted by Crippen LogP contribution is 2.23. The van der Waals surface area contributed by atoms with Gasteiger partial charge in [-0.3, -0.25) is 14.4 Å². The maximum absolute atomic E-state index is 11.6. The number of methoxy groups -OCH3 is 1. The van der Waals surface area contributed by atoms with E-state index in [4.69, 9.17) is 0 Å². The summed E-state index contributed by atoms with van der Waals surface area (Å²) in [5.41, 5.74) is 0. The van der Waals surface area contributed by atoms with Crippen LogP contribution in [0.15, 0.2) is 0 Å². The number of rotatable bonds is 14. The Hall–Kier alpha value is -1.62. The molecule has 0 saturated carbocycles. The number of hydrogen-bond acceptors (Lipinski definition) is 9. The summed E-state index contributed by atoms with van der Waals surface area (Å²) in [7, 11) is 4.68. The van der Waals surface area contributed by atoms with Crippen LogP contribution >= 0.6 is 21.6 Å². The van der Waals surface area contributed by atoms with Crippen LogP contribution in [0.25, 0.3) is 0 Å². The Labute approximate surface area is 167 Å². The van der Waals surface area contributed by atoms with Gasteiger partial charge in [0.15, 0.2) is 0 Å². The zero-order chi connectivity index (χ0) is 20.5. The zero-order valence-electron chi connectivity index (χ0n) is 15.9. The Morgan fingerprint density at radius 3 is 2.15 bits per heavy atom. The van der Waals surface area contributed by atoms with Gasteiger partial charge in [-0.1, -0.05) is 35.4 Å². The molecule has 0 aromatic carbocycles. The first-order valence-electron chi connectivity index (χ1n) is 8.52. The molecule has 0 spiro atoms. The van der Waals surface area contributed by atoms with E-state index in [0.29, 0.717) is 19.3 Å². The van der Waals surface area contributed by atoms with Gasteiger partial charge in [-0.15, -0.1) is 0 Å². The van der Waals surface area contributed by atoms with E-state index in [1.165, 1.54) is 7.11 Å². The highest BCUT2D eigenvalue weighted by Gasteiger charge is 2.09. The van der Waals surface area contributed by atoms with Crippen LogP contribution in [0.4, 0.5) is 4.79 Å². The number of alkyl carbamates (subject to hydrolysis) is 1. The third kappa shape index (κ3) is 16.3. The minimum Gasteiger partial charge on any atom is -0.469 e. The Kier molecular flexibility index (Phi) is 15.6. The average Bonchev–Trinajstić information content (AvgIpc) is 2.63. The van der Waals surface area contributed by atoms with Crippen LogP contribution < -0.4 is 10.6 Å². The molecule has 0 aliphatic rings. The molecule has 11 heteroatoms. The van der Waals surface area contributed by atoms with Crippen molar-refractivity contribution >= 4 is 45.5 Å². The lowest BCUT2D eigenvalue weighted by atomic mass is 10.2. The van der Waals surface area contributed by atoms with Gasteiger partial charge in [0.05, 0.1) is 19.7 Å². The smallest absolute Gasteiger partial charge is 0.411 e. The van der Waals surface area contributed by atoms with Gasteiger partial charge < -0.3 is 24.8 Å². The number of ether oxygens (including phenoxy) is 3. The number of esters is 2. The highest BCUT2D eigenvalue weighted by molar-refractivity contribution is 8.76. The predicted octanol–water partition coefficient (Wildman–Crippen LogP) is 2.06. The van der Waals surface area contributed by atoms with E-state index in [0.717, 1.165) is 17.9 Å². The molecule has 2 N–H and O–H groups in total. The van der Waals surface area contributed by atoms with Gasteiger partial charge in [0.1, 0.15) is 0 Å². The predicted molar refractivity (Wildman–Crippen MR) is 104 cm³/mol. The van der Waals surface area contributed by atoms with Gasteiger partial charge in [0, 0.05) is 24.3 Å². The van der Waals surface area contributed by atoms with Gasteiger partial charge >= 0.3 is 18.0 Å². The third-order valence-electron chi connectivity index (χ3n) is 2.93. The molecule has 0 unspecified atom stereocenters. The largest absolute Gasteiger partial charge is 0.469 e. The lowest BCUT2D eigenvalue weighted by Gasteiger charge is -2.09. The van der Waals surface area contributed by atoms with E-state index in [2.05, 4.69) is 24.8 Å². The molecule has 0 radical (unpaired) electrons. The van der Waals surface area contributed by atoms with Crippen molar-refractivity contribution in [2.75, 3.05) is 32.1 Å². The van der Waals surface area contributed by atoms with Crippen molar-refractivity contribution in [1.29, 1.82) is 0 Å². The molecule has 0 aliphatic heterocycles. The summed E-state index contributed by atoms with van der Waals surface area (Å²) in [6, 6.07) is 0. The van der Waals surface area contributed by atoms with Crippen molar-refractivity contribution in [2.24, 2.45) is 5.92 Å². The van der Waals surface area contributed by atoms with Crippen LogP contribution in [-0.4, -0.2) is 56.0 Å². The minimum absolute atomic E-state index is 0.0643. The maximum atomic E-state index is 11.6. The normalized spacial score (nSPS) is 10.2. The highest BCUT2D eigenvalue weighted by atomic mass is 33.1. The fourth-order valence-corrected chi connectivity index (χ4v) is 3.62. The molecule has 0 saturated heterocycles. The van der Waals surface area contributed by atoms with Crippen molar-refractivity contribution in [2.45, 2.75) is 39.5 Å². The molecule has 0 aliphatic carbocycles. The Morgan fingerprint density at radius 2 is 1.56 bits per heavy atom. The number of carbonyl (C=O) groups excluding carboxylic acids is 4. The quantitative estimate of drug-likeness (QED) is 0.187. The van der Waals surface area contributed by atoms with Crippen molar-refractivity contribution in [3.05, 3.63) is 0 Å². The minimum atomic E-state index is -0.786. The molecule has 0 rings (SSSR count). The molecule has 2 amide bonds.